The predicted octanol–water partition coefficient (Wildman–Crippen LogP) is 3.08. The van der Waals surface area contributed by atoms with E-state index in [4.69, 9.17) is 0 Å². The number of hydrogen-bond acceptors (Lipinski definition) is 2. The van der Waals surface area contributed by atoms with Crippen molar-refractivity contribution in [1.82, 2.24) is 0 Å². The van der Waals surface area contributed by atoms with Crippen molar-refractivity contribution in [2.75, 3.05) is 10.6 Å². The van der Waals surface area contributed by atoms with Crippen molar-refractivity contribution < 1.29 is 0 Å². The Morgan fingerprint density at radius 1 is 0.778 bits per heavy atom. The van der Waals surface area contributed by atoms with Crippen molar-refractivity contribution in [3.63, 3.8) is 0 Å². The van der Waals surface area contributed by atoms with E-state index in [9.17, 15) is 0 Å². The Kier molecular flexibility index (Phi) is 4.19. The summed E-state index contributed by atoms with van der Waals surface area (Å²) in [6, 6.07) is 16.4. The Bertz CT molecular complexity index is 514. The first-order chi connectivity index (χ1) is 8.66. The molecule has 0 aliphatic carbocycles. The van der Waals surface area contributed by atoms with Crippen LogP contribution >= 0.6 is 0 Å². The number of hydrogen-bond donors (Lipinski definition) is 2. The van der Waals surface area contributed by atoms with Crippen LogP contribution in [0.15, 0.2) is 48.5 Å². The van der Waals surface area contributed by atoms with Crippen LogP contribution in [-0.2, 0) is 0 Å². The Balaban J connectivity index is 2.06. The number of aryl methyl sites for hydroxylation is 2. The maximum absolute atomic E-state index is 3.34. The van der Waals surface area contributed by atoms with Crippen LogP contribution in [0.3, 0.4) is 0 Å². The molecule has 2 aromatic carbocycles. The van der Waals surface area contributed by atoms with E-state index in [1.807, 2.05) is 24.3 Å². The van der Waals surface area contributed by atoms with Crippen molar-refractivity contribution in [1.29, 1.82) is 0 Å². The topological polar surface area (TPSA) is 24.1 Å². The zero-order valence-corrected chi connectivity index (χ0v) is 12.2. The van der Waals surface area contributed by atoms with Crippen LogP contribution in [0.4, 0.5) is 11.4 Å². The quantitative estimate of drug-likeness (QED) is 0.848. The van der Waals surface area contributed by atoms with E-state index in [1.54, 1.807) is 0 Å². The van der Waals surface area contributed by atoms with Gasteiger partial charge in [-0.05, 0) is 0 Å². The number of rotatable bonds is 4. The third kappa shape index (κ3) is 3.22. The fraction of sp³-hybridized carbons (Fsp3) is 0.133. The summed E-state index contributed by atoms with van der Waals surface area (Å²) >= 11 is 3.02. The Labute approximate surface area is 116 Å². The second-order valence-corrected chi connectivity index (χ2v) is 5.07. The number of benzene rings is 2. The minimum absolute atomic E-state index is 0.901. The van der Waals surface area contributed by atoms with Crippen LogP contribution in [0, 0.1) is 13.8 Å². The van der Waals surface area contributed by atoms with Crippen LogP contribution in [0.1, 0.15) is 11.1 Å². The van der Waals surface area contributed by atoms with Crippen LogP contribution in [0.2, 0.25) is 0 Å². The molecule has 3 heteroatoms. The van der Waals surface area contributed by atoms with E-state index < -0.39 is 0 Å². The SMILES string of the molecule is Cc1ccccc1NC(=[Se])Nc1ccccc1C. The first-order valence-electron chi connectivity index (χ1n) is 5.86. The average molecular weight is 303 g/mol. The molecule has 0 bridgehead atoms. The van der Waals surface area contributed by atoms with Crippen LogP contribution in [0.5, 0.6) is 0 Å². The van der Waals surface area contributed by atoms with E-state index in [2.05, 4.69) is 64.3 Å². The molecule has 92 valence electrons. The van der Waals surface area contributed by atoms with Gasteiger partial charge in [0.1, 0.15) is 0 Å². The molecule has 0 amide bonds. The first-order valence-corrected chi connectivity index (χ1v) is 6.72. The summed E-state index contributed by atoms with van der Waals surface area (Å²) < 4.78 is 0.901. The molecule has 2 nitrogen and oxygen atoms in total. The van der Waals surface area contributed by atoms with Crippen molar-refractivity contribution >= 4 is 31.6 Å². The summed E-state index contributed by atoms with van der Waals surface area (Å²) in [5.74, 6) is 0. The molecule has 2 aromatic rings. The molecule has 2 N–H and O–H groups in total. The van der Waals surface area contributed by atoms with Gasteiger partial charge in [0.25, 0.3) is 0 Å². The molecule has 0 aliphatic rings. The monoisotopic (exact) mass is 304 g/mol. The molecule has 0 fully saturated rings. The molecule has 0 heterocycles. The predicted molar refractivity (Wildman–Crippen MR) is 80.4 cm³/mol. The van der Waals surface area contributed by atoms with Gasteiger partial charge in [-0.3, -0.25) is 0 Å². The second kappa shape index (κ2) is 5.85. The molecular weight excluding hydrogens is 287 g/mol. The molecule has 0 aromatic heterocycles. The Morgan fingerprint density at radius 3 is 1.56 bits per heavy atom. The van der Waals surface area contributed by atoms with Crippen LogP contribution in [0.25, 0.3) is 0 Å². The van der Waals surface area contributed by atoms with Gasteiger partial charge in [-0.25, -0.2) is 0 Å². The molecule has 18 heavy (non-hydrogen) atoms. The van der Waals surface area contributed by atoms with Gasteiger partial charge in [0.05, 0.1) is 0 Å². The van der Waals surface area contributed by atoms with Gasteiger partial charge in [0.2, 0.25) is 0 Å². The van der Waals surface area contributed by atoms with Gasteiger partial charge in [-0.15, -0.1) is 0 Å². The van der Waals surface area contributed by atoms with Gasteiger partial charge in [-0.2, -0.15) is 0 Å². The van der Waals surface area contributed by atoms with E-state index in [1.165, 1.54) is 11.1 Å². The molecule has 0 atom stereocenters. The molecule has 0 saturated heterocycles. The number of anilines is 2. The Hall–Kier alpha value is -1.57. The molecule has 0 aliphatic heterocycles. The number of para-hydroxylation sites is 2. The molecule has 0 radical (unpaired) electrons. The van der Waals surface area contributed by atoms with Crippen molar-refractivity contribution in [3.05, 3.63) is 59.7 Å². The third-order valence-corrected chi connectivity index (χ3v) is 3.21. The molecule has 0 saturated carbocycles. The average Bonchev–Trinajstić information content (AvgIpc) is 2.35. The van der Waals surface area contributed by atoms with Crippen LogP contribution in [-0.4, -0.2) is 20.2 Å². The first kappa shape index (κ1) is 12.9. The van der Waals surface area contributed by atoms with Gasteiger partial charge in [0, 0.05) is 0 Å². The molecule has 2 rings (SSSR count). The molecular formula is C15H16N2Se. The normalized spacial score (nSPS) is 9.89. The maximum atomic E-state index is 3.34. The van der Waals surface area contributed by atoms with E-state index in [0.717, 1.165) is 16.0 Å². The van der Waals surface area contributed by atoms with E-state index >= 15 is 0 Å². The minimum atomic E-state index is 0.901. The van der Waals surface area contributed by atoms with Crippen molar-refractivity contribution in [2.24, 2.45) is 0 Å². The number of nitrogens with one attached hydrogen (secondary N) is 2. The third-order valence-electron chi connectivity index (χ3n) is 2.79. The van der Waals surface area contributed by atoms with Crippen molar-refractivity contribution in [3.8, 4) is 0 Å². The van der Waals surface area contributed by atoms with Gasteiger partial charge >= 0.3 is 116 Å². The van der Waals surface area contributed by atoms with Gasteiger partial charge in [0.15, 0.2) is 0 Å². The van der Waals surface area contributed by atoms with Gasteiger partial charge < -0.3 is 0 Å². The summed E-state index contributed by atoms with van der Waals surface area (Å²) in [5.41, 5.74) is 4.65. The second-order valence-electron chi connectivity index (χ2n) is 4.21. The van der Waals surface area contributed by atoms with Crippen LogP contribution < -0.4 is 10.6 Å². The summed E-state index contributed by atoms with van der Waals surface area (Å²) in [6.45, 7) is 4.17. The molecule has 0 unspecified atom stereocenters. The van der Waals surface area contributed by atoms with E-state index in [0.29, 0.717) is 0 Å². The summed E-state index contributed by atoms with van der Waals surface area (Å²) in [4.78, 5) is 0. The zero-order chi connectivity index (χ0) is 13.0. The summed E-state index contributed by atoms with van der Waals surface area (Å²) in [5, 5.41) is 6.67. The molecule has 0 spiro atoms. The Morgan fingerprint density at radius 2 is 1.17 bits per heavy atom. The summed E-state index contributed by atoms with van der Waals surface area (Å²) in [7, 11) is 0. The fourth-order valence-electron chi connectivity index (χ4n) is 1.70. The standard InChI is InChI=1S/C15H16N2Se/c1-11-7-3-5-9-13(11)16-15(18)17-14-10-6-4-8-12(14)2/h3-10H,1-2H3,(H2,16,17,18). The van der Waals surface area contributed by atoms with E-state index in [-0.39, 0.29) is 0 Å². The van der Waals surface area contributed by atoms with Gasteiger partial charge in [-0.1, -0.05) is 0 Å². The summed E-state index contributed by atoms with van der Waals surface area (Å²) in [6.07, 6.45) is 0. The fourth-order valence-corrected chi connectivity index (χ4v) is 2.16. The van der Waals surface area contributed by atoms with Crippen molar-refractivity contribution in [2.45, 2.75) is 13.8 Å². The zero-order valence-electron chi connectivity index (χ0n) is 10.5.